The Kier molecular flexibility index (Phi) is 25.3. The molecule has 26 heavy (non-hydrogen) atoms. The van der Waals surface area contributed by atoms with E-state index in [0.29, 0.717) is 0 Å². The third kappa shape index (κ3) is 23.2. The molecule has 1 unspecified atom stereocenters. The van der Waals surface area contributed by atoms with Gasteiger partial charge in [-0.1, -0.05) is 13.8 Å². The molecule has 0 rings (SSSR count). The fraction of sp³-hybridized carbons (Fsp3) is 1.00. The predicted molar refractivity (Wildman–Crippen MR) is 126 cm³/mol. The average molecular weight is 488 g/mol. The minimum Gasteiger partial charge on any atom is -0.0654 e. The van der Waals surface area contributed by atoms with Gasteiger partial charge in [0.2, 0.25) is 0 Å². The van der Waals surface area contributed by atoms with Gasteiger partial charge in [0.15, 0.2) is 0 Å². The first-order valence-corrected chi connectivity index (χ1v) is 14.9. The summed E-state index contributed by atoms with van der Waals surface area (Å²) in [6.07, 6.45) is 27.8. The smallest absolute Gasteiger partial charge is 0.0654 e. The molecule has 0 spiro atoms. The molecule has 1 atom stereocenters. The molecule has 155 valence electrons. The van der Waals surface area contributed by atoms with Gasteiger partial charge >= 0.3 is 172 Å². The maximum absolute atomic E-state index is 2.30. The first kappa shape index (κ1) is 27.1. The van der Waals surface area contributed by atoms with Crippen LogP contribution in [-0.4, -0.2) is 34.0 Å². The molecule has 0 N–H and O–H groups in total. The topological polar surface area (TPSA) is 0 Å². The maximum atomic E-state index is 2.30. The normalized spacial score (nSPS) is 12.6. The van der Waals surface area contributed by atoms with Crippen LogP contribution in [0.2, 0.25) is 3.93 Å². The first-order valence-electron chi connectivity index (χ1n) is 12.1. The molecular weight excluding hydrogens is 439 g/mol. The molecule has 0 aliphatic carbocycles. The molecule has 0 heterocycles. The molecule has 0 aromatic rings. The Balaban J connectivity index is 3.12. The van der Waals surface area contributed by atoms with Gasteiger partial charge in [-0.05, 0) is 0 Å². The van der Waals surface area contributed by atoms with E-state index in [-0.39, 0.29) is 0 Å². The van der Waals surface area contributed by atoms with E-state index in [1.165, 1.54) is 134 Å². The summed E-state index contributed by atoms with van der Waals surface area (Å²) in [6, 6.07) is 0. The van der Waals surface area contributed by atoms with E-state index in [9.17, 15) is 0 Å². The van der Waals surface area contributed by atoms with Crippen LogP contribution < -0.4 is 0 Å². The molecule has 0 amide bonds. The molecule has 0 aromatic carbocycles. The number of hydrogen-bond acceptors (Lipinski definition) is 1. The fourth-order valence-corrected chi connectivity index (χ4v) is 6.14. The molecule has 2 heteroatoms. The van der Waals surface area contributed by atoms with E-state index >= 15 is 0 Å². The second kappa shape index (κ2) is 24.2. The molecular formula is C24H49SSn. The zero-order valence-corrected chi connectivity index (χ0v) is 22.0. The Morgan fingerprint density at radius 2 is 0.923 bits per heavy atom. The first-order chi connectivity index (χ1) is 12.8. The third-order valence-corrected chi connectivity index (χ3v) is 8.83. The molecule has 0 aromatic heterocycles. The van der Waals surface area contributed by atoms with Crippen LogP contribution in [0.15, 0.2) is 0 Å². The van der Waals surface area contributed by atoms with Crippen LogP contribution in [-0.2, 0) is 0 Å². The monoisotopic (exact) mass is 489 g/mol. The van der Waals surface area contributed by atoms with Crippen LogP contribution in [0.4, 0.5) is 0 Å². The fourth-order valence-electron chi connectivity index (χ4n) is 3.53. The van der Waals surface area contributed by atoms with Crippen molar-refractivity contribution in [1.29, 1.82) is 0 Å². The van der Waals surface area contributed by atoms with Crippen molar-refractivity contribution in [3.05, 3.63) is 0 Å². The SMILES string of the molecule is CCCCCCCCCCCC[CH]([Sn])CSCCCCCCCCCC. The van der Waals surface area contributed by atoms with Crippen molar-refractivity contribution in [2.75, 3.05) is 11.5 Å². The summed E-state index contributed by atoms with van der Waals surface area (Å²) in [5.74, 6) is 2.85. The molecule has 0 nitrogen and oxygen atoms in total. The Morgan fingerprint density at radius 3 is 1.38 bits per heavy atom. The van der Waals surface area contributed by atoms with Crippen LogP contribution in [0.1, 0.15) is 136 Å². The zero-order valence-electron chi connectivity index (χ0n) is 18.3. The van der Waals surface area contributed by atoms with Crippen molar-refractivity contribution < 1.29 is 0 Å². The van der Waals surface area contributed by atoms with Gasteiger partial charge in [0, 0.05) is 0 Å². The van der Waals surface area contributed by atoms with Crippen LogP contribution >= 0.6 is 11.8 Å². The molecule has 3 radical (unpaired) electrons. The van der Waals surface area contributed by atoms with E-state index in [2.05, 4.69) is 25.6 Å². The summed E-state index contributed by atoms with van der Waals surface area (Å²) >= 11 is 4.02. The van der Waals surface area contributed by atoms with Crippen molar-refractivity contribution in [2.24, 2.45) is 0 Å². The second-order valence-electron chi connectivity index (χ2n) is 8.22. The molecule has 0 aliphatic heterocycles. The van der Waals surface area contributed by atoms with Gasteiger partial charge in [-0.2, -0.15) is 0 Å². The van der Waals surface area contributed by atoms with Crippen molar-refractivity contribution >= 4 is 34.3 Å². The van der Waals surface area contributed by atoms with Gasteiger partial charge in [-0.3, -0.25) is 0 Å². The van der Waals surface area contributed by atoms with E-state index in [1.807, 2.05) is 0 Å². The molecule has 0 bridgehead atoms. The Labute approximate surface area is 184 Å². The summed E-state index contributed by atoms with van der Waals surface area (Å²) in [5, 5.41) is 0. The van der Waals surface area contributed by atoms with E-state index in [0.717, 1.165) is 3.93 Å². The number of hydrogen-bond donors (Lipinski definition) is 0. The molecule has 0 saturated carbocycles. The van der Waals surface area contributed by atoms with E-state index < -0.39 is 0 Å². The molecule has 0 saturated heterocycles. The minimum absolute atomic E-state index is 1.02. The number of unbranched alkanes of at least 4 members (excludes halogenated alkanes) is 16. The zero-order chi connectivity index (χ0) is 19.1. The Bertz CT molecular complexity index is 220. The quantitative estimate of drug-likeness (QED) is 0.108. The molecule has 0 fully saturated rings. The van der Waals surface area contributed by atoms with E-state index in [4.69, 9.17) is 0 Å². The van der Waals surface area contributed by atoms with E-state index in [1.54, 1.807) is 22.5 Å². The summed E-state index contributed by atoms with van der Waals surface area (Å²) in [5.41, 5.74) is 0. The van der Waals surface area contributed by atoms with Crippen LogP contribution in [0, 0.1) is 0 Å². The van der Waals surface area contributed by atoms with Crippen molar-refractivity contribution in [3.63, 3.8) is 0 Å². The second-order valence-corrected chi connectivity index (χ2v) is 11.7. The Morgan fingerprint density at radius 1 is 0.538 bits per heavy atom. The van der Waals surface area contributed by atoms with Gasteiger partial charge in [0.25, 0.3) is 0 Å². The Hall–Kier alpha value is 1.15. The third-order valence-electron chi connectivity index (χ3n) is 5.37. The summed E-state index contributed by atoms with van der Waals surface area (Å²) in [6.45, 7) is 4.61. The summed E-state index contributed by atoms with van der Waals surface area (Å²) < 4.78 is 1.02. The van der Waals surface area contributed by atoms with Gasteiger partial charge in [-0.15, -0.1) is 0 Å². The standard InChI is InChI=1S/C24H49S.Sn/c1-3-5-7-9-11-13-14-15-16-18-20-22-24-25-23-21-19-17-12-10-8-6-4-2;/h22H,3-21,23-24H2,1-2H3;. The number of thioether (sulfide) groups is 1. The summed E-state index contributed by atoms with van der Waals surface area (Å²) in [4.78, 5) is 0. The van der Waals surface area contributed by atoms with Gasteiger partial charge in [0.05, 0.1) is 0 Å². The van der Waals surface area contributed by atoms with Gasteiger partial charge in [-0.25, -0.2) is 0 Å². The van der Waals surface area contributed by atoms with Crippen LogP contribution in [0.3, 0.4) is 0 Å². The van der Waals surface area contributed by atoms with Crippen molar-refractivity contribution in [1.82, 2.24) is 0 Å². The molecule has 0 aliphatic rings. The minimum atomic E-state index is 1.02. The van der Waals surface area contributed by atoms with Gasteiger partial charge < -0.3 is 0 Å². The summed E-state index contributed by atoms with van der Waals surface area (Å²) in [7, 11) is 0. The van der Waals surface area contributed by atoms with Crippen molar-refractivity contribution in [2.45, 2.75) is 140 Å². The average Bonchev–Trinajstić information content (AvgIpc) is 2.64. The predicted octanol–water partition coefficient (Wildman–Crippen LogP) is 9.13. The van der Waals surface area contributed by atoms with Crippen LogP contribution in [0.5, 0.6) is 0 Å². The van der Waals surface area contributed by atoms with Crippen LogP contribution in [0.25, 0.3) is 0 Å². The van der Waals surface area contributed by atoms with Gasteiger partial charge in [0.1, 0.15) is 0 Å². The van der Waals surface area contributed by atoms with Crippen molar-refractivity contribution in [3.8, 4) is 0 Å². The number of rotatable bonds is 22.